The molecule has 1 unspecified atom stereocenters. The Hall–Kier alpha value is -3.10. The predicted octanol–water partition coefficient (Wildman–Crippen LogP) is 2.19. The van der Waals surface area contributed by atoms with E-state index in [0.29, 0.717) is 31.2 Å². The quantitative estimate of drug-likeness (QED) is 0.635. The molecule has 0 aliphatic carbocycles. The summed E-state index contributed by atoms with van der Waals surface area (Å²) < 4.78 is 6.83. The van der Waals surface area contributed by atoms with E-state index in [4.69, 9.17) is 4.42 Å². The van der Waals surface area contributed by atoms with Gasteiger partial charge in [-0.15, -0.1) is 0 Å². The second kappa shape index (κ2) is 9.36. The third-order valence-electron chi connectivity index (χ3n) is 5.52. The van der Waals surface area contributed by atoms with Crippen LogP contribution in [0.4, 0.5) is 0 Å². The molecule has 31 heavy (non-hydrogen) atoms. The number of carbonyl (C=O) groups excluding carboxylic acids is 3. The van der Waals surface area contributed by atoms with Gasteiger partial charge in [0.15, 0.2) is 5.69 Å². The van der Waals surface area contributed by atoms with E-state index in [-0.39, 0.29) is 36.3 Å². The standard InChI is InChI=1S/C22H31N5O4/c1-5-10-27-20(29)18-17(19(28)24-12-16-7-6-11-31-16)25-14-26(18)13-22(27,4)21(30)23-9-8-15(2)3/h6-7,11,14-15H,5,8-10,12-13H2,1-4H3,(H,23,30)(H,24,28). The van der Waals surface area contributed by atoms with Crippen molar-refractivity contribution < 1.29 is 18.8 Å². The van der Waals surface area contributed by atoms with E-state index in [1.807, 2.05) is 6.92 Å². The molecule has 1 aliphatic heterocycles. The zero-order valence-corrected chi connectivity index (χ0v) is 18.6. The van der Waals surface area contributed by atoms with Crippen LogP contribution in [0.3, 0.4) is 0 Å². The molecular weight excluding hydrogens is 398 g/mol. The molecule has 1 atom stereocenters. The third kappa shape index (κ3) is 4.65. The maximum atomic E-state index is 13.4. The van der Waals surface area contributed by atoms with Crippen LogP contribution < -0.4 is 10.6 Å². The van der Waals surface area contributed by atoms with E-state index >= 15 is 0 Å². The van der Waals surface area contributed by atoms with Crippen LogP contribution in [-0.2, 0) is 17.9 Å². The van der Waals surface area contributed by atoms with Crippen molar-refractivity contribution in [2.24, 2.45) is 5.92 Å². The molecule has 0 saturated carbocycles. The van der Waals surface area contributed by atoms with Crippen LogP contribution in [-0.4, -0.2) is 50.8 Å². The molecule has 3 heterocycles. The maximum Gasteiger partial charge on any atom is 0.273 e. The van der Waals surface area contributed by atoms with Crippen molar-refractivity contribution in [2.45, 2.75) is 59.2 Å². The third-order valence-corrected chi connectivity index (χ3v) is 5.52. The summed E-state index contributed by atoms with van der Waals surface area (Å²) in [5.74, 6) is 0.0506. The molecule has 9 heteroatoms. The molecule has 0 spiro atoms. The highest BCUT2D eigenvalue weighted by Crippen LogP contribution is 2.29. The summed E-state index contributed by atoms with van der Waals surface area (Å²) in [6.07, 6.45) is 4.53. The number of imidazole rings is 1. The average molecular weight is 430 g/mol. The molecular formula is C22H31N5O4. The topological polar surface area (TPSA) is 109 Å². The SMILES string of the molecule is CCCN1C(=O)c2c(C(=O)NCc3ccco3)ncn2CC1(C)C(=O)NCCC(C)C. The Balaban J connectivity index is 1.82. The van der Waals surface area contributed by atoms with Gasteiger partial charge in [-0.3, -0.25) is 14.4 Å². The molecule has 9 nitrogen and oxygen atoms in total. The van der Waals surface area contributed by atoms with Crippen molar-refractivity contribution in [1.82, 2.24) is 25.1 Å². The first-order chi connectivity index (χ1) is 14.8. The number of hydrogen-bond donors (Lipinski definition) is 2. The number of furan rings is 1. The summed E-state index contributed by atoms with van der Waals surface area (Å²) in [7, 11) is 0. The number of nitrogens with one attached hydrogen (secondary N) is 2. The minimum absolute atomic E-state index is 0.0555. The Morgan fingerprint density at radius 1 is 1.32 bits per heavy atom. The lowest BCUT2D eigenvalue weighted by atomic mass is 9.93. The summed E-state index contributed by atoms with van der Waals surface area (Å²) in [5, 5.41) is 5.70. The van der Waals surface area contributed by atoms with Crippen molar-refractivity contribution in [3.63, 3.8) is 0 Å². The van der Waals surface area contributed by atoms with Crippen LogP contribution in [0.5, 0.6) is 0 Å². The normalized spacial score (nSPS) is 18.2. The lowest BCUT2D eigenvalue weighted by Gasteiger charge is -2.43. The van der Waals surface area contributed by atoms with E-state index in [0.717, 1.165) is 6.42 Å². The van der Waals surface area contributed by atoms with Gasteiger partial charge >= 0.3 is 0 Å². The van der Waals surface area contributed by atoms with E-state index in [9.17, 15) is 14.4 Å². The minimum atomic E-state index is -1.06. The molecule has 2 N–H and O–H groups in total. The second-order valence-corrected chi connectivity index (χ2v) is 8.50. The van der Waals surface area contributed by atoms with Crippen molar-refractivity contribution in [1.29, 1.82) is 0 Å². The zero-order valence-electron chi connectivity index (χ0n) is 18.6. The highest BCUT2D eigenvalue weighted by Gasteiger charge is 2.48. The number of hydrogen-bond acceptors (Lipinski definition) is 5. The lowest BCUT2D eigenvalue weighted by molar-refractivity contribution is -0.132. The molecule has 2 aromatic heterocycles. The van der Waals surface area contributed by atoms with Crippen molar-refractivity contribution in [3.8, 4) is 0 Å². The molecule has 3 rings (SSSR count). The van der Waals surface area contributed by atoms with E-state index < -0.39 is 11.4 Å². The highest BCUT2D eigenvalue weighted by atomic mass is 16.3. The Labute approximate surface area is 182 Å². The van der Waals surface area contributed by atoms with Gasteiger partial charge in [-0.1, -0.05) is 20.8 Å². The number of aromatic nitrogens is 2. The summed E-state index contributed by atoms with van der Waals surface area (Å²) in [5.41, 5.74) is -0.794. The van der Waals surface area contributed by atoms with Gasteiger partial charge in [-0.25, -0.2) is 4.98 Å². The number of rotatable bonds is 9. The van der Waals surface area contributed by atoms with Gasteiger partial charge in [0.05, 0.1) is 25.7 Å². The first-order valence-corrected chi connectivity index (χ1v) is 10.7. The van der Waals surface area contributed by atoms with E-state index in [1.54, 1.807) is 28.5 Å². The predicted molar refractivity (Wildman–Crippen MR) is 114 cm³/mol. The summed E-state index contributed by atoms with van der Waals surface area (Å²) >= 11 is 0. The van der Waals surface area contributed by atoms with Crippen LogP contribution in [0.2, 0.25) is 0 Å². The molecule has 2 aromatic rings. The molecule has 0 aromatic carbocycles. The molecule has 168 valence electrons. The lowest BCUT2D eigenvalue weighted by Crippen LogP contribution is -2.64. The van der Waals surface area contributed by atoms with Crippen LogP contribution in [0.25, 0.3) is 0 Å². The van der Waals surface area contributed by atoms with Gasteiger partial charge in [0.1, 0.15) is 17.0 Å². The second-order valence-electron chi connectivity index (χ2n) is 8.50. The first-order valence-electron chi connectivity index (χ1n) is 10.7. The van der Waals surface area contributed by atoms with Gasteiger partial charge in [-0.05, 0) is 37.8 Å². The molecule has 1 aliphatic rings. The van der Waals surface area contributed by atoms with Crippen LogP contribution in [0.1, 0.15) is 67.3 Å². The number of amides is 3. The van der Waals surface area contributed by atoms with Crippen molar-refractivity contribution in [2.75, 3.05) is 13.1 Å². The maximum absolute atomic E-state index is 13.4. The van der Waals surface area contributed by atoms with Crippen LogP contribution >= 0.6 is 0 Å². The Bertz CT molecular complexity index is 934. The minimum Gasteiger partial charge on any atom is -0.467 e. The Morgan fingerprint density at radius 2 is 2.10 bits per heavy atom. The van der Waals surface area contributed by atoms with Gasteiger partial charge < -0.3 is 24.5 Å². The van der Waals surface area contributed by atoms with Crippen LogP contribution in [0, 0.1) is 5.92 Å². The molecule has 3 amide bonds. The summed E-state index contributed by atoms with van der Waals surface area (Å²) in [6, 6.07) is 3.49. The average Bonchev–Trinajstić information content (AvgIpc) is 3.38. The fourth-order valence-electron chi connectivity index (χ4n) is 3.76. The number of fused-ring (bicyclic) bond motifs is 1. The van der Waals surface area contributed by atoms with Crippen molar-refractivity contribution in [3.05, 3.63) is 41.9 Å². The van der Waals surface area contributed by atoms with Crippen LogP contribution in [0.15, 0.2) is 29.1 Å². The smallest absolute Gasteiger partial charge is 0.273 e. The van der Waals surface area contributed by atoms with E-state index in [2.05, 4.69) is 29.5 Å². The van der Waals surface area contributed by atoms with Crippen molar-refractivity contribution >= 4 is 17.7 Å². The van der Waals surface area contributed by atoms with Gasteiger partial charge in [0.25, 0.3) is 11.8 Å². The van der Waals surface area contributed by atoms with Gasteiger partial charge in [0, 0.05) is 13.1 Å². The Kier molecular flexibility index (Phi) is 6.82. The Morgan fingerprint density at radius 3 is 2.74 bits per heavy atom. The fourth-order valence-corrected chi connectivity index (χ4v) is 3.76. The fraction of sp³-hybridized carbons (Fsp3) is 0.545. The van der Waals surface area contributed by atoms with E-state index in [1.165, 1.54) is 12.6 Å². The van der Waals surface area contributed by atoms with Gasteiger partial charge in [0.2, 0.25) is 5.91 Å². The highest BCUT2D eigenvalue weighted by molar-refractivity contribution is 6.07. The summed E-state index contributed by atoms with van der Waals surface area (Å²) in [6.45, 7) is 9.30. The first kappa shape index (κ1) is 22.6. The number of carbonyl (C=O) groups is 3. The molecule has 0 saturated heterocycles. The summed E-state index contributed by atoms with van der Waals surface area (Å²) in [4.78, 5) is 45.0. The molecule has 0 radical (unpaired) electrons. The molecule has 0 fully saturated rings. The largest absolute Gasteiger partial charge is 0.467 e. The van der Waals surface area contributed by atoms with Gasteiger partial charge in [-0.2, -0.15) is 0 Å². The number of nitrogens with zero attached hydrogens (tertiary/aromatic N) is 3. The monoisotopic (exact) mass is 429 g/mol. The zero-order chi connectivity index (χ0) is 22.6. The molecule has 0 bridgehead atoms.